The first-order valence-electron chi connectivity index (χ1n) is 5.32. The third-order valence-corrected chi connectivity index (χ3v) is 3.10. The maximum absolute atomic E-state index is 6.06. The molecule has 0 fully saturated rings. The van der Waals surface area contributed by atoms with Gasteiger partial charge in [0.2, 0.25) is 0 Å². The number of hydrogen-bond acceptors (Lipinski definition) is 2. The van der Waals surface area contributed by atoms with Crippen molar-refractivity contribution in [1.82, 2.24) is 9.78 Å². The second kappa shape index (κ2) is 5.43. The summed E-state index contributed by atoms with van der Waals surface area (Å²) in [7, 11) is 1.94. The van der Waals surface area contributed by atoms with E-state index in [9.17, 15) is 0 Å². The smallest absolute Gasteiger partial charge is 0.0652 e. The highest BCUT2D eigenvalue weighted by molar-refractivity contribution is 6.36. The molecule has 90 valence electrons. The van der Waals surface area contributed by atoms with Crippen molar-refractivity contribution < 1.29 is 0 Å². The van der Waals surface area contributed by atoms with Crippen LogP contribution in [0.3, 0.4) is 0 Å². The quantitative estimate of drug-likeness (QED) is 0.923. The summed E-state index contributed by atoms with van der Waals surface area (Å²) in [6.45, 7) is 0.806. The molecular weight excluding hydrogens is 257 g/mol. The van der Waals surface area contributed by atoms with Crippen LogP contribution in [0.15, 0.2) is 30.5 Å². The third kappa shape index (κ3) is 3.14. The van der Waals surface area contributed by atoms with Gasteiger partial charge in [0, 0.05) is 36.9 Å². The van der Waals surface area contributed by atoms with Gasteiger partial charge >= 0.3 is 0 Å². The maximum Gasteiger partial charge on any atom is 0.0652 e. The summed E-state index contributed by atoms with van der Waals surface area (Å²) >= 11 is 11.9. The molecule has 0 bridgehead atoms. The van der Waals surface area contributed by atoms with Crippen LogP contribution >= 0.6 is 23.2 Å². The molecule has 0 saturated carbocycles. The Morgan fingerprint density at radius 3 is 2.76 bits per heavy atom. The largest absolute Gasteiger partial charge is 0.383 e. The van der Waals surface area contributed by atoms with Crippen LogP contribution in [0.25, 0.3) is 0 Å². The van der Waals surface area contributed by atoms with Crippen molar-refractivity contribution >= 4 is 28.9 Å². The standard InChI is InChI=1S/C12H13Cl2N3/c1-17-10(5-7-16-17)4-6-15-12-3-2-9(13)8-11(12)14/h2-3,5,7-8,15H,4,6H2,1H3. The molecular formula is C12H13Cl2N3. The van der Waals surface area contributed by atoms with Crippen molar-refractivity contribution in [3.8, 4) is 0 Å². The van der Waals surface area contributed by atoms with E-state index in [1.54, 1.807) is 12.3 Å². The first-order valence-corrected chi connectivity index (χ1v) is 6.08. The normalized spacial score (nSPS) is 10.5. The van der Waals surface area contributed by atoms with Gasteiger partial charge in [-0.05, 0) is 24.3 Å². The van der Waals surface area contributed by atoms with Gasteiger partial charge in [0.25, 0.3) is 0 Å². The summed E-state index contributed by atoms with van der Waals surface area (Å²) in [6, 6.07) is 7.44. The monoisotopic (exact) mass is 269 g/mol. The molecule has 0 unspecified atom stereocenters. The van der Waals surface area contributed by atoms with E-state index in [4.69, 9.17) is 23.2 Å². The second-order valence-corrected chi connectivity index (χ2v) is 4.59. The van der Waals surface area contributed by atoms with Crippen LogP contribution in [-0.2, 0) is 13.5 Å². The predicted molar refractivity (Wildman–Crippen MR) is 71.9 cm³/mol. The summed E-state index contributed by atoms with van der Waals surface area (Å²) < 4.78 is 1.87. The van der Waals surface area contributed by atoms with Crippen LogP contribution in [0, 0.1) is 0 Å². The lowest BCUT2D eigenvalue weighted by Crippen LogP contribution is -2.08. The van der Waals surface area contributed by atoms with Gasteiger partial charge in [0.1, 0.15) is 0 Å². The van der Waals surface area contributed by atoms with Gasteiger partial charge in [0.15, 0.2) is 0 Å². The average molecular weight is 270 g/mol. The summed E-state index contributed by atoms with van der Waals surface area (Å²) in [6.07, 6.45) is 2.69. The third-order valence-electron chi connectivity index (χ3n) is 2.55. The summed E-state index contributed by atoms with van der Waals surface area (Å²) in [5.74, 6) is 0. The van der Waals surface area contributed by atoms with Crippen molar-refractivity contribution in [2.45, 2.75) is 6.42 Å². The topological polar surface area (TPSA) is 29.9 Å². The van der Waals surface area contributed by atoms with E-state index >= 15 is 0 Å². The van der Waals surface area contributed by atoms with Crippen LogP contribution in [0.5, 0.6) is 0 Å². The number of rotatable bonds is 4. The van der Waals surface area contributed by atoms with Crippen molar-refractivity contribution in [2.75, 3.05) is 11.9 Å². The molecule has 0 amide bonds. The molecule has 2 aromatic rings. The summed E-state index contributed by atoms with van der Waals surface area (Å²) in [5.41, 5.74) is 2.08. The zero-order chi connectivity index (χ0) is 12.3. The Kier molecular flexibility index (Phi) is 3.92. The fraction of sp³-hybridized carbons (Fsp3) is 0.250. The highest BCUT2D eigenvalue weighted by Crippen LogP contribution is 2.25. The molecule has 0 aliphatic carbocycles. The number of nitrogens with zero attached hydrogens (tertiary/aromatic N) is 2. The number of benzene rings is 1. The number of anilines is 1. The van der Waals surface area contributed by atoms with Crippen molar-refractivity contribution in [2.24, 2.45) is 7.05 Å². The van der Waals surface area contributed by atoms with Gasteiger partial charge in [-0.15, -0.1) is 0 Å². The minimum atomic E-state index is 0.641. The first kappa shape index (κ1) is 12.3. The molecule has 5 heteroatoms. The van der Waals surface area contributed by atoms with E-state index in [0.29, 0.717) is 10.0 Å². The van der Waals surface area contributed by atoms with E-state index in [-0.39, 0.29) is 0 Å². The van der Waals surface area contributed by atoms with Gasteiger partial charge in [-0.1, -0.05) is 23.2 Å². The van der Waals surface area contributed by atoms with E-state index < -0.39 is 0 Å². The number of halogens is 2. The van der Waals surface area contributed by atoms with Crippen LogP contribution in [0.1, 0.15) is 5.69 Å². The lowest BCUT2D eigenvalue weighted by Gasteiger charge is -2.08. The second-order valence-electron chi connectivity index (χ2n) is 3.75. The fourth-order valence-corrected chi connectivity index (χ4v) is 2.08. The Balaban J connectivity index is 1.92. The van der Waals surface area contributed by atoms with Crippen LogP contribution in [-0.4, -0.2) is 16.3 Å². The molecule has 1 aromatic heterocycles. The van der Waals surface area contributed by atoms with Gasteiger partial charge in [-0.2, -0.15) is 5.10 Å². The van der Waals surface area contributed by atoms with E-state index in [1.165, 1.54) is 5.69 Å². The number of nitrogens with one attached hydrogen (secondary N) is 1. The summed E-state index contributed by atoms with van der Waals surface area (Å²) in [5, 5.41) is 8.68. The number of aryl methyl sites for hydroxylation is 1. The molecule has 2 rings (SSSR count). The Bertz CT molecular complexity index is 508. The Hall–Kier alpha value is -1.19. The molecule has 1 N–H and O–H groups in total. The van der Waals surface area contributed by atoms with Crippen LogP contribution in [0.4, 0.5) is 5.69 Å². The van der Waals surface area contributed by atoms with Gasteiger partial charge in [0.05, 0.1) is 10.7 Å². The van der Waals surface area contributed by atoms with Crippen LogP contribution in [0.2, 0.25) is 10.0 Å². The van der Waals surface area contributed by atoms with Gasteiger partial charge in [-0.25, -0.2) is 0 Å². The molecule has 0 saturated heterocycles. The van der Waals surface area contributed by atoms with Crippen molar-refractivity contribution in [3.05, 3.63) is 46.2 Å². The zero-order valence-electron chi connectivity index (χ0n) is 9.45. The highest BCUT2D eigenvalue weighted by atomic mass is 35.5. The summed E-state index contributed by atoms with van der Waals surface area (Å²) in [4.78, 5) is 0. The van der Waals surface area contributed by atoms with Crippen molar-refractivity contribution in [3.63, 3.8) is 0 Å². The average Bonchev–Trinajstić information content (AvgIpc) is 2.68. The molecule has 1 heterocycles. The van der Waals surface area contributed by atoms with Crippen LogP contribution < -0.4 is 5.32 Å². The number of hydrogen-bond donors (Lipinski definition) is 1. The predicted octanol–water partition coefficient (Wildman–Crippen LogP) is 3.38. The van der Waals surface area contributed by atoms with Crippen molar-refractivity contribution in [1.29, 1.82) is 0 Å². The van der Waals surface area contributed by atoms with E-state index in [0.717, 1.165) is 18.7 Å². The first-order chi connectivity index (χ1) is 8.16. The minimum absolute atomic E-state index is 0.641. The zero-order valence-corrected chi connectivity index (χ0v) is 11.0. The Morgan fingerprint density at radius 2 is 2.12 bits per heavy atom. The molecule has 0 aliphatic rings. The SMILES string of the molecule is Cn1nccc1CCNc1ccc(Cl)cc1Cl. The number of aromatic nitrogens is 2. The molecule has 0 spiro atoms. The maximum atomic E-state index is 6.06. The molecule has 0 aliphatic heterocycles. The van der Waals surface area contributed by atoms with Gasteiger partial charge in [-0.3, -0.25) is 4.68 Å². The molecule has 17 heavy (non-hydrogen) atoms. The highest BCUT2D eigenvalue weighted by Gasteiger charge is 2.02. The lowest BCUT2D eigenvalue weighted by molar-refractivity contribution is 0.711. The lowest BCUT2D eigenvalue weighted by atomic mass is 10.3. The molecule has 1 aromatic carbocycles. The van der Waals surface area contributed by atoms with Gasteiger partial charge < -0.3 is 5.32 Å². The molecule has 3 nitrogen and oxygen atoms in total. The Labute approximate surface area is 110 Å². The minimum Gasteiger partial charge on any atom is -0.383 e. The Morgan fingerprint density at radius 1 is 1.29 bits per heavy atom. The molecule has 0 atom stereocenters. The van der Waals surface area contributed by atoms with E-state index in [1.807, 2.05) is 29.9 Å². The molecule has 0 radical (unpaired) electrons. The van der Waals surface area contributed by atoms with E-state index in [2.05, 4.69) is 10.4 Å². The fourth-order valence-electron chi connectivity index (χ4n) is 1.60.